The van der Waals surface area contributed by atoms with Gasteiger partial charge in [-0.2, -0.15) is 0 Å². The molecule has 1 aromatic rings. The van der Waals surface area contributed by atoms with Crippen LogP contribution >= 0.6 is 11.8 Å². The number of hydrogen-bond donors (Lipinski definition) is 3. The first kappa shape index (κ1) is 12.4. The molecule has 0 aliphatic carbocycles. The van der Waals surface area contributed by atoms with Crippen LogP contribution < -0.4 is 5.32 Å². The first-order valence-corrected chi connectivity index (χ1v) is 6.00. The van der Waals surface area contributed by atoms with Crippen LogP contribution in [-0.2, 0) is 0 Å². The minimum atomic E-state index is -0.701. The fourth-order valence-corrected chi connectivity index (χ4v) is 1.88. The maximum Gasteiger partial charge on any atom is 0.0942 e. The highest BCUT2D eigenvalue weighted by Gasteiger charge is 2.01. The van der Waals surface area contributed by atoms with Crippen LogP contribution in [0.1, 0.15) is 6.92 Å². The summed E-state index contributed by atoms with van der Waals surface area (Å²) in [7, 11) is 0. The molecule has 15 heavy (non-hydrogen) atoms. The molecule has 0 heterocycles. The summed E-state index contributed by atoms with van der Waals surface area (Å²) in [4.78, 5) is 1.21. The smallest absolute Gasteiger partial charge is 0.0942 e. The van der Waals surface area contributed by atoms with Crippen LogP contribution in [0.5, 0.6) is 0 Å². The number of anilines is 1. The second-order valence-electron chi connectivity index (χ2n) is 3.18. The van der Waals surface area contributed by atoms with Gasteiger partial charge in [0.1, 0.15) is 0 Å². The number of hydrogen-bond acceptors (Lipinski definition) is 4. The molecule has 0 aliphatic heterocycles. The number of aliphatic hydroxyl groups is 2. The van der Waals surface area contributed by atoms with Gasteiger partial charge in [-0.1, -0.05) is 13.0 Å². The molecule has 1 atom stereocenters. The molecule has 0 saturated carbocycles. The van der Waals surface area contributed by atoms with Gasteiger partial charge >= 0.3 is 0 Å². The Hall–Kier alpha value is -0.710. The van der Waals surface area contributed by atoms with E-state index in [-0.39, 0.29) is 6.61 Å². The summed E-state index contributed by atoms with van der Waals surface area (Å²) in [5, 5.41) is 20.9. The Kier molecular flexibility index (Phi) is 5.53. The second kappa shape index (κ2) is 6.71. The summed E-state index contributed by atoms with van der Waals surface area (Å²) in [6.45, 7) is 2.27. The van der Waals surface area contributed by atoms with E-state index in [1.807, 2.05) is 18.2 Å². The van der Waals surface area contributed by atoms with Gasteiger partial charge in [0.2, 0.25) is 0 Å². The molecule has 0 fully saturated rings. The largest absolute Gasteiger partial charge is 0.394 e. The number of aliphatic hydroxyl groups excluding tert-OH is 2. The first-order chi connectivity index (χ1) is 7.26. The van der Waals surface area contributed by atoms with E-state index in [1.54, 1.807) is 11.8 Å². The number of nitrogens with one attached hydrogen (secondary N) is 1. The lowest BCUT2D eigenvalue weighted by Crippen LogP contribution is -2.22. The van der Waals surface area contributed by atoms with Crippen LogP contribution in [0.4, 0.5) is 5.69 Å². The van der Waals surface area contributed by atoms with Gasteiger partial charge in [-0.3, -0.25) is 0 Å². The fraction of sp³-hybridized carbons (Fsp3) is 0.455. The van der Waals surface area contributed by atoms with Gasteiger partial charge in [-0.25, -0.2) is 0 Å². The van der Waals surface area contributed by atoms with Crippen molar-refractivity contribution in [1.82, 2.24) is 0 Å². The predicted octanol–water partition coefficient (Wildman–Crippen LogP) is 1.56. The van der Waals surface area contributed by atoms with Crippen molar-refractivity contribution in [3.05, 3.63) is 24.3 Å². The molecule has 0 spiro atoms. The Balaban J connectivity index is 2.50. The molecule has 0 aliphatic rings. The molecule has 3 N–H and O–H groups in total. The maximum atomic E-state index is 9.17. The van der Waals surface area contributed by atoms with Crippen LogP contribution in [0, 0.1) is 0 Å². The number of rotatable bonds is 6. The molecule has 0 aromatic heterocycles. The molecule has 0 bridgehead atoms. The van der Waals surface area contributed by atoms with Gasteiger partial charge in [0.15, 0.2) is 0 Å². The van der Waals surface area contributed by atoms with Crippen LogP contribution in [0.25, 0.3) is 0 Å². The standard InChI is InChI=1S/C11H17NO2S/c1-2-15-11-5-3-4-9(6-11)12-7-10(14)8-13/h3-6,10,12-14H,2,7-8H2,1H3. The maximum absolute atomic E-state index is 9.17. The molecular formula is C11H17NO2S. The van der Waals surface area contributed by atoms with Crippen LogP contribution in [0.15, 0.2) is 29.2 Å². The SMILES string of the molecule is CCSc1cccc(NCC(O)CO)c1. The minimum Gasteiger partial charge on any atom is -0.394 e. The van der Waals surface area contributed by atoms with Crippen molar-refractivity contribution in [3.63, 3.8) is 0 Å². The van der Waals surface area contributed by atoms with Crippen molar-refractivity contribution < 1.29 is 10.2 Å². The van der Waals surface area contributed by atoms with Gasteiger partial charge in [0.25, 0.3) is 0 Å². The molecule has 3 nitrogen and oxygen atoms in total. The summed E-state index contributed by atoms with van der Waals surface area (Å²) in [6, 6.07) is 8.02. The van der Waals surface area contributed by atoms with Crippen molar-refractivity contribution in [1.29, 1.82) is 0 Å². The molecule has 0 saturated heterocycles. The average molecular weight is 227 g/mol. The normalized spacial score (nSPS) is 12.5. The zero-order chi connectivity index (χ0) is 11.1. The third-order valence-corrected chi connectivity index (χ3v) is 2.77. The molecular weight excluding hydrogens is 210 g/mol. The van der Waals surface area contributed by atoms with Crippen molar-refractivity contribution in [3.8, 4) is 0 Å². The van der Waals surface area contributed by atoms with Crippen molar-refractivity contribution in [2.24, 2.45) is 0 Å². The van der Waals surface area contributed by atoms with Crippen LogP contribution in [0.2, 0.25) is 0 Å². The van der Waals surface area contributed by atoms with Gasteiger partial charge in [-0.05, 0) is 24.0 Å². The molecule has 1 aromatic carbocycles. The molecule has 84 valence electrons. The van der Waals surface area contributed by atoms with E-state index in [1.165, 1.54) is 4.90 Å². The lowest BCUT2D eigenvalue weighted by molar-refractivity contribution is 0.105. The minimum absolute atomic E-state index is 0.212. The van der Waals surface area contributed by atoms with Crippen LogP contribution in [0.3, 0.4) is 0 Å². The molecule has 4 heteroatoms. The highest BCUT2D eigenvalue weighted by Crippen LogP contribution is 2.20. The van der Waals surface area contributed by atoms with E-state index in [2.05, 4.69) is 18.3 Å². The zero-order valence-electron chi connectivity index (χ0n) is 8.81. The highest BCUT2D eigenvalue weighted by atomic mass is 32.2. The van der Waals surface area contributed by atoms with Crippen molar-refractivity contribution in [2.75, 3.05) is 24.2 Å². The third kappa shape index (κ3) is 4.55. The van der Waals surface area contributed by atoms with Gasteiger partial charge in [0, 0.05) is 17.1 Å². The topological polar surface area (TPSA) is 52.5 Å². The third-order valence-electron chi connectivity index (χ3n) is 1.90. The number of benzene rings is 1. The van der Waals surface area contributed by atoms with E-state index in [4.69, 9.17) is 5.11 Å². The lowest BCUT2D eigenvalue weighted by Gasteiger charge is -2.10. The average Bonchev–Trinajstić information content (AvgIpc) is 2.27. The number of thioether (sulfide) groups is 1. The van der Waals surface area contributed by atoms with Crippen molar-refractivity contribution >= 4 is 17.4 Å². The van der Waals surface area contributed by atoms with Gasteiger partial charge < -0.3 is 15.5 Å². The summed E-state index contributed by atoms with van der Waals surface area (Å²) < 4.78 is 0. The monoisotopic (exact) mass is 227 g/mol. The summed E-state index contributed by atoms with van der Waals surface area (Å²) in [6.07, 6.45) is -0.701. The van der Waals surface area contributed by atoms with Gasteiger partial charge in [0.05, 0.1) is 12.7 Å². The summed E-state index contributed by atoms with van der Waals surface area (Å²) >= 11 is 1.78. The highest BCUT2D eigenvalue weighted by molar-refractivity contribution is 7.99. The van der Waals surface area contributed by atoms with E-state index in [0.717, 1.165) is 11.4 Å². The summed E-state index contributed by atoms with van der Waals surface area (Å²) in [5.41, 5.74) is 0.973. The van der Waals surface area contributed by atoms with E-state index < -0.39 is 6.10 Å². The van der Waals surface area contributed by atoms with E-state index in [0.29, 0.717) is 6.54 Å². The Morgan fingerprint density at radius 3 is 2.93 bits per heavy atom. The predicted molar refractivity (Wildman–Crippen MR) is 64.4 cm³/mol. The molecule has 0 radical (unpaired) electrons. The fourth-order valence-electron chi connectivity index (χ4n) is 1.16. The molecule has 1 unspecified atom stereocenters. The Morgan fingerprint density at radius 1 is 1.47 bits per heavy atom. The quantitative estimate of drug-likeness (QED) is 0.646. The first-order valence-electron chi connectivity index (χ1n) is 5.02. The van der Waals surface area contributed by atoms with E-state index in [9.17, 15) is 5.11 Å². The van der Waals surface area contributed by atoms with Crippen molar-refractivity contribution in [2.45, 2.75) is 17.9 Å². The Labute approximate surface area is 94.5 Å². The Morgan fingerprint density at radius 2 is 2.27 bits per heavy atom. The second-order valence-corrected chi connectivity index (χ2v) is 4.52. The molecule has 0 amide bonds. The Bertz CT molecular complexity index is 294. The van der Waals surface area contributed by atoms with Gasteiger partial charge in [-0.15, -0.1) is 11.8 Å². The zero-order valence-corrected chi connectivity index (χ0v) is 9.63. The summed E-state index contributed by atoms with van der Waals surface area (Å²) in [5.74, 6) is 1.04. The molecule has 1 rings (SSSR count). The lowest BCUT2D eigenvalue weighted by atomic mass is 10.3. The van der Waals surface area contributed by atoms with Crippen LogP contribution in [-0.4, -0.2) is 35.2 Å². The van der Waals surface area contributed by atoms with E-state index >= 15 is 0 Å².